The van der Waals surface area contributed by atoms with Crippen LogP contribution in [0.2, 0.25) is 10.0 Å². The van der Waals surface area contributed by atoms with Crippen molar-refractivity contribution in [3.63, 3.8) is 0 Å². The molecule has 4 nitrogen and oxygen atoms in total. The van der Waals surface area contributed by atoms with Gasteiger partial charge in [-0.3, -0.25) is 4.79 Å². The van der Waals surface area contributed by atoms with E-state index in [1.165, 1.54) is 31.2 Å². The number of hydrogen-bond acceptors (Lipinski definition) is 3. The number of halogens is 2. The number of amides is 1. The number of hydrogen-bond donors (Lipinski definition) is 2. The zero-order chi connectivity index (χ0) is 28.9. The lowest BCUT2D eigenvalue weighted by molar-refractivity contribution is 0.0953. The third-order valence-corrected chi connectivity index (χ3v) is 7.45. The fraction of sp³-hybridized carbons (Fsp3) is 0.286. The molecule has 0 atom stereocenters. The second-order valence-corrected chi connectivity index (χ2v) is 11.0. The quantitative estimate of drug-likeness (QED) is 0.136. The van der Waals surface area contributed by atoms with Gasteiger partial charge >= 0.3 is 0 Å². The van der Waals surface area contributed by atoms with Crippen molar-refractivity contribution >= 4 is 29.1 Å². The number of rotatable bonds is 15. The maximum atomic E-state index is 13.3. The number of aryl methyl sites for hydroxylation is 1. The molecule has 0 fully saturated rings. The summed E-state index contributed by atoms with van der Waals surface area (Å²) in [5.74, 6) is 0.417. The summed E-state index contributed by atoms with van der Waals surface area (Å²) in [5, 5.41) is 13.7. The summed E-state index contributed by atoms with van der Waals surface area (Å²) < 4.78 is 6.05. The molecule has 0 aromatic heterocycles. The van der Waals surface area contributed by atoms with Crippen LogP contribution in [-0.2, 0) is 6.42 Å². The Labute approximate surface area is 253 Å². The van der Waals surface area contributed by atoms with E-state index in [9.17, 15) is 9.90 Å². The summed E-state index contributed by atoms with van der Waals surface area (Å²) in [4.78, 5) is 13.3. The molecule has 1 amide bonds. The number of ether oxygens (including phenoxy) is 1. The van der Waals surface area contributed by atoms with Gasteiger partial charge in [-0.2, -0.15) is 0 Å². The average Bonchev–Trinajstić information content (AvgIpc) is 2.99. The Hall–Kier alpha value is -3.31. The van der Waals surface area contributed by atoms with Gasteiger partial charge < -0.3 is 15.2 Å². The number of benzene rings is 4. The van der Waals surface area contributed by atoms with E-state index in [4.69, 9.17) is 27.9 Å². The Morgan fingerprint density at radius 1 is 0.707 bits per heavy atom. The fourth-order valence-electron chi connectivity index (χ4n) is 4.91. The summed E-state index contributed by atoms with van der Waals surface area (Å²) in [6, 6.07) is 29.1. The van der Waals surface area contributed by atoms with Crippen LogP contribution in [0, 0.1) is 0 Å². The molecular weight excluding hydrogens is 553 g/mol. The number of nitrogens with one attached hydrogen (secondary N) is 1. The lowest BCUT2D eigenvalue weighted by Crippen LogP contribution is -2.24. The van der Waals surface area contributed by atoms with E-state index < -0.39 is 0 Å². The van der Waals surface area contributed by atoms with Gasteiger partial charge in [0.15, 0.2) is 0 Å². The second kappa shape index (κ2) is 16.2. The molecule has 4 rings (SSSR count). The van der Waals surface area contributed by atoms with Gasteiger partial charge in [0.25, 0.3) is 5.91 Å². The van der Waals surface area contributed by atoms with Crippen LogP contribution in [0.25, 0.3) is 22.3 Å². The van der Waals surface area contributed by atoms with Gasteiger partial charge in [-0.1, -0.05) is 103 Å². The van der Waals surface area contributed by atoms with Crippen molar-refractivity contribution in [1.29, 1.82) is 0 Å². The van der Waals surface area contributed by atoms with E-state index in [0.717, 1.165) is 41.5 Å². The van der Waals surface area contributed by atoms with Crippen molar-refractivity contribution in [2.24, 2.45) is 0 Å². The lowest BCUT2D eigenvalue weighted by atomic mass is 9.94. The predicted octanol–water partition coefficient (Wildman–Crippen LogP) is 9.01. The molecule has 0 bridgehead atoms. The highest BCUT2D eigenvalue weighted by Crippen LogP contribution is 2.41. The van der Waals surface area contributed by atoms with Gasteiger partial charge in [0.05, 0.1) is 6.61 Å². The Balaban J connectivity index is 1.42. The highest BCUT2D eigenvalue weighted by molar-refractivity contribution is 6.31. The van der Waals surface area contributed by atoms with E-state index in [1.54, 1.807) is 12.1 Å². The number of carbonyl (C=O) groups excluding carboxylic acids is 1. The van der Waals surface area contributed by atoms with Gasteiger partial charge in [0.1, 0.15) is 12.4 Å². The molecule has 0 saturated carbocycles. The largest absolute Gasteiger partial charge is 0.490 e. The van der Waals surface area contributed by atoms with Gasteiger partial charge in [0, 0.05) is 33.3 Å². The molecule has 0 saturated heterocycles. The highest BCUT2D eigenvalue weighted by atomic mass is 35.5. The minimum absolute atomic E-state index is 0.110. The molecule has 0 heterocycles. The smallest absolute Gasteiger partial charge is 0.251 e. The van der Waals surface area contributed by atoms with Gasteiger partial charge in [-0.25, -0.2) is 0 Å². The minimum Gasteiger partial charge on any atom is -0.490 e. The van der Waals surface area contributed by atoms with Crippen molar-refractivity contribution in [3.05, 3.63) is 112 Å². The first-order valence-corrected chi connectivity index (χ1v) is 15.1. The van der Waals surface area contributed by atoms with Crippen molar-refractivity contribution in [2.75, 3.05) is 19.8 Å². The summed E-state index contributed by atoms with van der Waals surface area (Å²) >= 11 is 12.6. The molecular formula is C35H37Cl2NO3. The third kappa shape index (κ3) is 9.36. The Bertz CT molecular complexity index is 1340. The molecule has 0 aliphatic carbocycles. The lowest BCUT2D eigenvalue weighted by Gasteiger charge is -2.19. The molecule has 0 unspecified atom stereocenters. The first-order chi connectivity index (χ1) is 20.0. The topological polar surface area (TPSA) is 58.6 Å². The Morgan fingerprint density at radius 3 is 1.88 bits per heavy atom. The van der Waals surface area contributed by atoms with E-state index in [-0.39, 0.29) is 19.1 Å². The maximum Gasteiger partial charge on any atom is 0.251 e. The van der Waals surface area contributed by atoms with Crippen molar-refractivity contribution in [1.82, 2.24) is 5.32 Å². The zero-order valence-electron chi connectivity index (χ0n) is 23.3. The summed E-state index contributed by atoms with van der Waals surface area (Å²) in [5.41, 5.74) is 5.00. The normalized spacial score (nSPS) is 10.9. The zero-order valence-corrected chi connectivity index (χ0v) is 24.8. The Kier molecular flexibility index (Phi) is 12.1. The number of aliphatic hydroxyl groups excluding tert-OH is 1. The van der Waals surface area contributed by atoms with Crippen molar-refractivity contribution < 1.29 is 14.6 Å². The summed E-state index contributed by atoms with van der Waals surface area (Å²) in [6.07, 6.45) is 7.97. The van der Waals surface area contributed by atoms with Crippen LogP contribution in [0.4, 0.5) is 0 Å². The third-order valence-electron chi connectivity index (χ3n) is 6.98. The predicted molar refractivity (Wildman–Crippen MR) is 170 cm³/mol. The van der Waals surface area contributed by atoms with Crippen LogP contribution in [0.15, 0.2) is 91.0 Å². The average molecular weight is 591 g/mol. The molecule has 6 heteroatoms. The van der Waals surface area contributed by atoms with Crippen LogP contribution < -0.4 is 10.1 Å². The number of unbranched alkanes of at least 4 members (excludes halogenated alkanes) is 5. The molecule has 0 aliphatic rings. The molecule has 41 heavy (non-hydrogen) atoms. The second-order valence-electron chi connectivity index (χ2n) is 10.1. The maximum absolute atomic E-state index is 13.3. The van der Waals surface area contributed by atoms with Gasteiger partial charge in [0.2, 0.25) is 0 Å². The van der Waals surface area contributed by atoms with E-state index in [0.29, 0.717) is 27.9 Å². The van der Waals surface area contributed by atoms with E-state index in [1.807, 2.05) is 48.5 Å². The molecule has 4 aromatic carbocycles. The Morgan fingerprint density at radius 2 is 1.29 bits per heavy atom. The first kappa shape index (κ1) is 30.6. The van der Waals surface area contributed by atoms with Crippen LogP contribution >= 0.6 is 23.2 Å². The van der Waals surface area contributed by atoms with Crippen molar-refractivity contribution in [2.45, 2.75) is 44.9 Å². The van der Waals surface area contributed by atoms with Crippen LogP contribution in [0.3, 0.4) is 0 Å². The monoisotopic (exact) mass is 589 g/mol. The van der Waals surface area contributed by atoms with Crippen molar-refractivity contribution in [3.8, 4) is 28.0 Å². The number of aliphatic hydroxyl groups is 1. The molecule has 0 radical (unpaired) electrons. The van der Waals surface area contributed by atoms with E-state index in [2.05, 4.69) is 35.6 Å². The molecule has 4 aromatic rings. The molecule has 214 valence electrons. The molecule has 2 N–H and O–H groups in total. The molecule has 0 aliphatic heterocycles. The summed E-state index contributed by atoms with van der Waals surface area (Å²) in [7, 11) is 0. The minimum atomic E-state index is -0.145. The van der Waals surface area contributed by atoms with E-state index >= 15 is 0 Å². The van der Waals surface area contributed by atoms with Crippen LogP contribution in [0.5, 0.6) is 5.75 Å². The fourth-order valence-corrected chi connectivity index (χ4v) is 5.29. The standard InChI is InChI=1S/C35H37Cl2NO3/c36-30-17-10-15-27(22-30)32-24-29(25-33(34(32)41-21-20-39)28-16-11-18-31(37)23-28)35(40)38-19-9-4-2-1-3-6-12-26-13-7-5-8-14-26/h5,7-8,10-11,13-18,22-25,39H,1-4,6,9,12,19-21H2,(H,38,40). The van der Waals surface area contributed by atoms with Crippen LogP contribution in [0.1, 0.15) is 54.4 Å². The highest BCUT2D eigenvalue weighted by Gasteiger charge is 2.19. The number of carbonyl (C=O) groups is 1. The van der Waals surface area contributed by atoms with Crippen LogP contribution in [-0.4, -0.2) is 30.8 Å². The van der Waals surface area contributed by atoms with Gasteiger partial charge in [-0.15, -0.1) is 0 Å². The molecule has 0 spiro atoms. The first-order valence-electron chi connectivity index (χ1n) is 14.3. The van der Waals surface area contributed by atoms with Gasteiger partial charge in [-0.05, 0) is 72.4 Å². The summed E-state index contributed by atoms with van der Waals surface area (Å²) in [6.45, 7) is 0.586. The SMILES string of the molecule is O=C(NCCCCCCCCc1ccccc1)c1cc(-c2cccc(Cl)c2)c(OCCO)c(-c2cccc(Cl)c2)c1.